The minimum atomic E-state index is -0.836. The van der Waals surface area contributed by atoms with Gasteiger partial charge in [-0.3, -0.25) is 0 Å². The van der Waals surface area contributed by atoms with Crippen LogP contribution in [-0.2, 0) is 19.0 Å². The fourth-order valence-corrected chi connectivity index (χ4v) is 4.15. The molecular formula is C27H34N2O6. The quantitative estimate of drug-likeness (QED) is 0.303. The minimum absolute atomic E-state index is 0.0661. The fraction of sp³-hybridized carbons (Fsp3) is 0.444. The SMILES string of the molecule is COC(=O)C(CCCCNC(=O)OC(C)(C)C)NC(=O)OCC1c2ccccc2-c2ccccc21. The fourth-order valence-electron chi connectivity index (χ4n) is 4.15. The Morgan fingerprint density at radius 3 is 2.09 bits per heavy atom. The van der Waals surface area contributed by atoms with E-state index in [-0.39, 0.29) is 12.5 Å². The number of carbonyl (C=O) groups excluding carboxylic acids is 3. The zero-order valence-electron chi connectivity index (χ0n) is 20.8. The van der Waals surface area contributed by atoms with E-state index in [0.29, 0.717) is 25.8 Å². The molecule has 2 amide bonds. The number of hydrogen-bond acceptors (Lipinski definition) is 6. The molecule has 0 heterocycles. The number of carbonyl (C=O) groups is 3. The second kappa shape index (κ2) is 11.7. The summed E-state index contributed by atoms with van der Waals surface area (Å²) in [4.78, 5) is 36.4. The van der Waals surface area contributed by atoms with Gasteiger partial charge in [0.2, 0.25) is 0 Å². The van der Waals surface area contributed by atoms with E-state index in [0.717, 1.165) is 22.3 Å². The number of nitrogens with one attached hydrogen (secondary N) is 2. The predicted molar refractivity (Wildman–Crippen MR) is 132 cm³/mol. The molecule has 0 aromatic heterocycles. The number of fused-ring (bicyclic) bond motifs is 3. The van der Waals surface area contributed by atoms with Crippen molar-refractivity contribution in [1.29, 1.82) is 0 Å². The Morgan fingerprint density at radius 2 is 1.51 bits per heavy atom. The number of unbranched alkanes of at least 4 members (excludes halogenated alkanes) is 1. The van der Waals surface area contributed by atoms with Crippen LogP contribution in [0.5, 0.6) is 0 Å². The van der Waals surface area contributed by atoms with Gasteiger partial charge in [0.25, 0.3) is 0 Å². The number of methoxy groups -OCH3 is 1. The largest absolute Gasteiger partial charge is 0.467 e. The highest BCUT2D eigenvalue weighted by molar-refractivity contribution is 5.82. The summed E-state index contributed by atoms with van der Waals surface area (Å²) in [6.07, 6.45) is 0.387. The average molecular weight is 483 g/mol. The lowest BCUT2D eigenvalue weighted by Crippen LogP contribution is -2.42. The second-order valence-electron chi connectivity index (χ2n) is 9.47. The molecule has 35 heavy (non-hydrogen) atoms. The smallest absolute Gasteiger partial charge is 0.407 e. The van der Waals surface area contributed by atoms with E-state index < -0.39 is 29.8 Å². The molecule has 188 valence electrons. The molecule has 2 aromatic rings. The number of amides is 2. The lowest BCUT2D eigenvalue weighted by molar-refractivity contribution is -0.143. The van der Waals surface area contributed by atoms with Crippen LogP contribution in [0.4, 0.5) is 9.59 Å². The third-order valence-corrected chi connectivity index (χ3v) is 5.71. The first kappa shape index (κ1) is 26.1. The van der Waals surface area contributed by atoms with Crippen molar-refractivity contribution < 1.29 is 28.6 Å². The van der Waals surface area contributed by atoms with E-state index in [1.807, 2.05) is 36.4 Å². The summed E-state index contributed by atoms with van der Waals surface area (Å²) in [5.41, 5.74) is 3.95. The van der Waals surface area contributed by atoms with Crippen molar-refractivity contribution in [3.63, 3.8) is 0 Å². The minimum Gasteiger partial charge on any atom is -0.467 e. The number of alkyl carbamates (subject to hydrolysis) is 2. The Labute approximate surface area is 206 Å². The van der Waals surface area contributed by atoms with Crippen molar-refractivity contribution in [2.75, 3.05) is 20.3 Å². The Morgan fingerprint density at radius 1 is 0.914 bits per heavy atom. The Bertz CT molecular complexity index is 1000. The average Bonchev–Trinajstić information content (AvgIpc) is 3.14. The summed E-state index contributed by atoms with van der Waals surface area (Å²) < 4.78 is 15.6. The lowest BCUT2D eigenvalue weighted by atomic mass is 9.98. The molecule has 0 spiro atoms. The van der Waals surface area contributed by atoms with Crippen LogP contribution >= 0.6 is 0 Å². The number of rotatable bonds is 9. The zero-order valence-corrected chi connectivity index (χ0v) is 20.8. The Hall–Kier alpha value is -3.55. The molecule has 0 radical (unpaired) electrons. The van der Waals surface area contributed by atoms with Gasteiger partial charge in [-0.05, 0) is 62.3 Å². The first-order valence-electron chi connectivity index (χ1n) is 11.9. The molecule has 1 aliphatic carbocycles. The summed E-state index contributed by atoms with van der Waals surface area (Å²) in [6.45, 7) is 5.94. The van der Waals surface area contributed by atoms with Crippen molar-refractivity contribution in [2.45, 2.75) is 57.6 Å². The molecule has 0 saturated carbocycles. The molecule has 0 saturated heterocycles. The molecular weight excluding hydrogens is 448 g/mol. The molecule has 3 rings (SSSR count). The maximum Gasteiger partial charge on any atom is 0.407 e. The van der Waals surface area contributed by atoms with Gasteiger partial charge in [0.1, 0.15) is 18.2 Å². The highest BCUT2D eigenvalue weighted by atomic mass is 16.6. The molecule has 0 bridgehead atoms. The van der Waals surface area contributed by atoms with Gasteiger partial charge in [-0.15, -0.1) is 0 Å². The van der Waals surface area contributed by atoms with Gasteiger partial charge in [-0.2, -0.15) is 0 Å². The summed E-state index contributed by atoms with van der Waals surface area (Å²) in [5, 5.41) is 5.30. The van der Waals surface area contributed by atoms with Crippen molar-refractivity contribution in [2.24, 2.45) is 0 Å². The van der Waals surface area contributed by atoms with Crippen LogP contribution in [-0.4, -0.2) is 50.1 Å². The van der Waals surface area contributed by atoms with Gasteiger partial charge < -0.3 is 24.8 Å². The van der Waals surface area contributed by atoms with Crippen molar-refractivity contribution in [3.8, 4) is 11.1 Å². The normalized spacial score (nSPS) is 13.3. The van der Waals surface area contributed by atoms with Crippen LogP contribution in [0.1, 0.15) is 57.1 Å². The second-order valence-corrected chi connectivity index (χ2v) is 9.47. The Balaban J connectivity index is 1.49. The van der Waals surface area contributed by atoms with Crippen LogP contribution in [0.3, 0.4) is 0 Å². The molecule has 1 unspecified atom stereocenters. The van der Waals surface area contributed by atoms with Crippen LogP contribution in [0.15, 0.2) is 48.5 Å². The van der Waals surface area contributed by atoms with E-state index in [9.17, 15) is 14.4 Å². The molecule has 8 nitrogen and oxygen atoms in total. The maximum atomic E-state index is 12.6. The topological polar surface area (TPSA) is 103 Å². The molecule has 0 fully saturated rings. The molecule has 1 aliphatic rings. The molecule has 8 heteroatoms. The first-order chi connectivity index (χ1) is 16.7. The third kappa shape index (κ3) is 7.21. The predicted octanol–water partition coefficient (Wildman–Crippen LogP) is 4.76. The number of esters is 1. The summed E-state index contributed by atoms with van der Waals surface area (Å²) in [7, 11) is 1.28. The van der Waals surface area contributed by atoms with Crippen LogP contribution in [0, 0.1) is 0 Å². The van der Waals surface area contributed by atoms with Gasteiger partial charge in [0.15, 0.2) is 0 Å². The van der Waals surface area contributed by atoms with Crippen molar-refractivity contribution in [3.05, 3.63) is 59.7 Å². The summed E-state index contributed by atoms with van der Waals surface area (Å²) in [6, 6.07) is 15.3. The number of hydrogen-bond donors (Lipinski definition) is 2. The number of benzene rings is 2. The van der Waals surface area contributed by atoms with Gasteiger partial charge in [-0.25, -0.2) is 14.4 Å². The monoisotopic (exact) mass is 482 g/mol. The molecule has 2 N–H and O–H groups in total. The van der Waals surface area contributed by atoms with E-state index in [1.165, 1.54) is 7.11 Å². The first-order valence-corrected chi connectivity index (χ1v) is 11.9. The summed E-state index contributed by atoms with van der Waals surface area (Å²) >= 11 is 0. The van der Waals surface area contributed by atoms with Gasteiger partial charge in [-0.1, -0.05) is 48.5 Å². The van der Waals surface area contributed by atoms with Crippen LogP contribution in [0.2, 0.25) is 0 Å². The standard InChI is InChI=1S/C27H34N2O6/c1-27(2,3)35-25(31)28-16-10-9-15-23(24(30)33-4)29-26(32)34-17-22-20-13-7-5-11-18(20)19-12-6-8-14-21(19)22/h5-8,11-14,22-23H,9-10,15-17H2,1-4H3,(H,28,31)(H,29,32). The van der Waals surface area contributed by atoms with E-state index in [1.54, 1.807) is 20.8 Å². The molecule has 2 aromatic carbocycles. The molecule has 1 atom stereocenters. The highest BCUT2D eigenvalue weighted by Gasteiger charge is 2.30. The van der Waals surface area contributed by atoms with Crippen molar-refractivity contribution >= 4 is 18.2 Å². The van der Waals surface area contributed by atoms with Gasteiger partial charge >= 0.3 is 18.2 Å². The highest BCUT2D eigenvalue weighted by Crippen LogP contribution is 2.44. The Kier molecular flexibility index (Phi) is 8.73. The third-order valence-electron chi connectivity index (χ3n) is 5.71. The van der Waals surface area contributed by atoms with E-state index in [4.69, 9.17) is 14.2 Å². The summed E-state index contributed by atoms with van der Waals surface area (Å²) in [5.74, 6) is -0.609. The van der Waals surface area contributed by atoms with E-state index in [2.05, 4.69) is 22.8 Å². The van der Waals surface area contributed by atoms with Crippen molar-refractivity contribution in [1.82, 2.24) is 10.6 Å². The van der Waals surface area contributed by atoms with E-state index >= 15 is 0 Å². The maximum absolute atomic E-state index is 12.6. The lowest BCUT2D eigenvalue weighted by Gasteiger charge is -2.20. The van der Waals surface area contributed by atoms with Gasteiger partial charge in [0, 0.05) is 12.5 Å². The van der Waals surface area contributed by atoms with Gasteiger partial charge in [0.05, 0.1) is 7.11 Å². The zero-order chi connectivity index (χ0) is 25.4. The van der Waals surface area contributed by atoms with Crippen LogP contribution < -0.4 is 10.6 Å². The number of ether oxygens (including phenoxy) is 3. The van der Waals surface area contributed by atoms with Crippen LogP contribution in [0.25, 0.3) is 11.1 Å². The molecule has 0 aliphatic heterocycles.